The Labute approximate surface area is 95.8 Å². The predicted molar refractivity (Wildman–Crippen MR) is 67.2 cm³/mol. The van der Waals surface area contributed by atoms with E-state index in [4.69, 9.17) is 4.74 Å². The normalized spacial score (nSPS) is 15.4. The standard InChI is InChI=1S/C13H29NO/c1-11(9-15-7)8-14-13(5,6)10-12(2,3)4/h11,14H,8-10H2,1-7H3. The van der Waals surface area contributed by atoms with Crippen molar-refractivity contribution in [3.63, 3.8) is 0 Å². The molecule has 92 valence electrons. The van der Waals surface area contributed by atoms with Crippen molar-refractivity contribution in [3.05, 3.63) is 0 Å². The molecular formula is C13H29NO. The summed E-state index contributed by atoms with van der Waals surface area (Å²) in [5.41, 5.74) is 0.585. The summed E-state index contributed by atoms with van der Waals surface area (Å²) in [7, 11) is 1.76. The summed E-state index contributed by atoms with van der Waals surface area (Å²) in [4.78, 5) is 0. The smallest absolute Gasteiger partial charge is 0.0499 e. The van der Waals surface area contributed by atoms with Crippen LogP contribution in [-0.4, -0.2) is 25.8 Å². The van der Waals surface area contributed by atoms with Crippen LogP contribution >= 0.6 is 0 Å². The summed E-state index contributed by atoms with van der Waals surface area (Å²) in [6.07, 6.45) is 1.18. The molecule has 0 rings (SSSR count). The molecule has 0 aromatic rings. The van der Waals surface area contributed by atoms with Crippen molar-refractivity contribution in [1.29, 1.82) is 0 Å². The molecule has 0 amide bonds. The van der Waals surface area contributed by atoms with Crippen molar-refractivity contribution in [2.75, 3.05) is 20.3 Å². The van der Waals surface area contributed by atoms with Gasteiger partial charge in [0.15, 0.2) is 0 Å². The Bertz CT molecular complexity index is 170. The highest BCUT2D eigenvalue weighted by Gasteiger charge is 2.25. The van der Waals surface area contributed by atoms with Gasteiger partial charge in [-0.2, -0.15) is 0 Å². The molecule has 1 unspecified atom stereocenters. The molecule has 15 heavy (non-hydrogen) atoms. The first-order valence-corrected chi connectivity index (χ1v) is 5.90. The Morgan fingerprint density at radius 2 is 1.67 bits per heavy atom. The average Bonchev–Trinajstić information content (AvgIpc) is 1.97. The van der Waals surface area contributed by atoms with E-state index in [1.165, 1.54) is 6.42 Å². The van der Waals surface area contributed by atoms with Crippen LogP contribution in [-0.2, 0) is 4.74 Å². The fraction of sp³-hybridized carbons (Fsp3) is 1.00. The number of ether oxygens (including phenoxy) is 1. The molecule has 1 N–H and O–H groups in total. The van der Waals surface area contributed by atoms with Crippen molar-refractivity contribution in [1.82, 2.24) is 5.32 Å². The molecule has 0 aromatic heterocycles. The zero-order chi connectivity index (χ0) is 12.1. The lowest BCUT2D eigenvalue weighted by Crippen LogP contribution is -2.44. The number of hydrogen-bond acceptors (Lipinski definition) is 2. The van der Waals surface area contributed by atoms with Crippen LogP contribution in [0.3, 0.4) is 0 Å². The van der Waals surface area contributed by atoms with Crippen LogP contribution in [0.4, 0.5) is 0 Å². The number of nitrogens with one attached hydrogen (secondary N) is 1. The Kier molecular flexibility index (Phi) is 5.82. The first-order chi connectivity index (χ1) is 6.66. The second-order valence-electron chi connectivity index (χ2n) is 6.56. The average molecular weight is 215 g/mol. The molecule has 0 aliphatic carbocycles. The molecule has 0 aromatic carbocycles. The molecule has 0 radical (unpaired) electrons. The monoisotopic (exact) mass is 215 g/mol. The predicted octanol–water partition coefficient (Wildman–Crippen LogP) is 3.07. The fourth-order valence-electron chi connectivity index (χ4n) is 2.18. The first kappa shape index (κ1) is 14.9. The van der Waals surface area contributed by atoms with Gasteiger partial charge in [0.05, 0.1) is 0 Å². The van der Waals surface area contributed by atoms with Crippen LogP contribution in [0.2, 0.25) is 0 Å². The van der Waals surface area contributed by atoms with E-state index >= 15 is 0 Å². The molecule has 0 fully saturated rings. The maximum absolute atomic E-state index is 5.13. The molecule has 0 bridgehead atoms. The van der Waals surface area contributed by atoms with Crippen LogP contribution in [0.25, 0.3) is 0 Å². The third-order valence-electron chi connectivity index (χ3n) is 2.35. The van der Waals surface area contributed by atoms with Gasteiger partial charge in [0.25, 0.3) is 0 Å². The van der Waals surface area contributed by atoms with Gasteiger partial charge in [-0.3, -0.25) is 0 Å². The molecule has 0 saturated heterocycles. The molecule has 2 nitrogen and oxygen atoms in total. The van der Waals surface area contributed by atoms with E-state index < -0.39 is 0 Å². The highest BCUT2D eigenvalue weighted by atomic mass is 16.5. The van der Waals surface area contributed by atoms with Gasteiger partial charge >= 0.3 is 0 Å². The largest absolute Gasteiger partial charge is 0.384 e. The van der Waals surface area contributed by atoms with Gasteiger partial charge in [-0.05, 0) is 31.6 Å². The maximum Gasteiger partial charge on any atom is 0.0499 e. The van der Waals surface area contributed by atoms with Gasteiger partial charge in [0, 0.05) is 25.8 Å². The van der Waals surface area contributed by atoms with Crippen molar-refractivity contribution >= 4 is 0 Å². The van der Waals surface area contributed by atoms with Crippen molar-refractivity contribution in [3.8, 4) is 0 Å². The molecule has 0 saturated carbocycles. The van der Waals surface area contributed by atoms with Gasteiger partial charge in [0.1, 0.15) is 0 Å². The summed E-state index contributed by atoms with van der Waals surface area (Å²) < 4.78 is 5.13. The van der Waals surface area contributed by atoms with E-state index in [0.29, 0.717) is 11.3 Å². The van der Waals surface area contributed by atoms with Crippen LogP contribution in [0.5, 0.6) is 0 Å². The zero-order valence-electron chi connectivity index (χ0n) is 11.6. The van der Waals surface area contributed by atoms with E-state index in [0.717, 1.165) is 13.2 Å². The Morgan fingerprint density at radius 3 is 2.07 bits per heavy atom. The molecule has 2 heteroatoms. The highest BCUT2D eigenvalue weighted by Crippen LogP contribution is 2.26. The van der Waals surface area contributed by atoms with Crippen molar-refractivity contribution in [2.45, 2.75) is 53.5 Å². The van der Waals surface area contributed by atoms with Gasteiger partial charge in [-0.1, -0.05) is 27.7 Å². The molecule has 0 spiro atoms. The number of rotatable bonds is 6. The summed E-state index contributed by atoms with van der Waals surface area (Å²) in [5.74, 6) is 0.578. The van der Waals surface area contributed by atoms with Crippen LogP contribution < -0.4 is 5.32 Å². The van der Waals surface area contributed by atoms with Crippen molar-refractivity contribution < 1.29 is 4.74 Å². The fourth-order valence-corrected chi connectivity index (χ4v) is 2.18. The van der Waals surface area contributed by atoms with Gasteiger partial charge in [-0.25, -0.2) is 0 Å². The van der Waals surface area contributed by atoms with Crippen LogP contribution in [0.15, 0.2) is 0 Å². The zero-order valence-corrected chi connectivity index (χ0v) is 11.6. The van der Waals surface area contributed by atoms with Gasteiger partial charge in [0.2, 0.25) is 0 Å². The second kappa shape index (κ2) is 5.86. The topological polar surface area (TPSA) is 21.3 Å². The Hall–Kier alpha value is -0.0800. The Morgan fingerprint density at radius 1 is 1.13 bits per heavy atom. The SMILES string of the molecule is COCC(C)CNC(C)(C)CC(C)(C)C. The van der Waals surface area contributed by atoms with E-state index in [1.54, 1.807) is 7.11 Å². The third kappa shape index (κ3) is 8.88. The highest BCUT2D eigenvalue weighted by molar-refractivity contribution is 4.83. The summed E-state index contributed by atoms with van der Waals surface area (Å²) >= 11 is 0. The lowest BCUT2D eigenvalue weighted by atomic mass is 9.81. The third-order valence-corrected chi connectivity index (χ3v) is 2.35. The first-order valence-electron chi connectivity index (χ1n) is 5.90. The lowest BCUT2D eigenvalue weighted by molar-refractivity contribution is 0.148. The molecule has 0 aliphatic rings. The van der Waals surface area contributed by atoms with Crippen LogP contribution in [0.1, 0.15) is 48.0 Å². The molecule has 1 atom stereocenters. The van der Waals surface area contributed by atoms with Gasteiger partial charge in [-0.15, -0.1) is 0 Å². The van der Waals surface area contributed by atoms with Gasteiger partial charge < -0.3 is 10.1 Å². The summed E-state index contributed by atoms with van der Waals surface area (Å²) in [6.45, 7) is 15.5. The second-order valence-corrected chi connectivity index (χ2v) is 6.56. The van der Waals surface area contributed by atoms with E-state index in [-0.39, 0.29) is 5.54 Å². The minimum Gasteiger partial charge on any atom is -0.384 e. The maximum atomic E-state index is 5.13. The molecule has 0 heterocycles. The van der Waals surface area contributed by atoms with E-state index in [1.807, 2.05) is 0 Å². The van der Waals surface area contributed by atoms with Crippen molar-refractivity contribution in [2.24, 2.45) is 11.3 Å². The van der Waals surface area contributed by atoms with Crippen LogP contribution in [0, 0.1) is 11.3 Å². The minimum atomic E-state index is 0.209. The quantitative estimate of drug-likeness (QED) is 0.735. The minimum absolute atomic E-state index is 0.209. The number of hydrogen-bond donors (Lipinski definition) is 1. The molecule has 0 aliphatic heterocycles. The Balaban J connectivity index is 3.93. The van der Waals surface area contributed by atoms with E-state index in [2.05, 4.69) is 46.9 Å². The summed E-state index contributed by atoms with van der Waals surface area (Å²) in [5, 5.41) is 3.62. The van der Waals surface area contributed by atoms with E-state index in [9.17, 15) is 0 Å². The molecular weight excluding hydrogens is 186 g/mol. The summed E-state index contributed by atoms with van der Waals surface area (Å²) in [6, 6.07) is 0. The lowest BCUT2D eigenvalue weighted by Gasteiger charge is -2.34. The number of methoxy groups -OCH3 is 1.